The summed E-state index contributed by atoms with van der Waals surface area (Å²) in [5.74, 6) is -1.26. The smallest absolute Gasteiger partial charge is 0.341 e. The fourth-order valence-electron chi connectivity index (χ4n) is 4.11. The number of thiophene rings is 1. The molecule has 1 aliphatic carbocycles. The third-order valence-corrected chi connectivity index (χ3v) is 8.08. The van der Waals surface area contributed by atoms with E-state index in [1.54, 1.807) is 18.2 Å². The molecule has 2 N–H and O–H groups in total. The maximum atomic E-state index is 13.1. The molecular weight excluding hydrogens is 499 g/mol. The Labute approximate surface area is 217 Å². The van der Waals surface area contributed by atoms with E-state index in [0.29, 0.717) is 21.8 Å². The maximum Gasteiger partial charge on any atom is 0.341 e. The molecule has 0 radical (unpaired) electrons. The van der Waals surface area contributed by atoms with Crippen LogP contribution in [0.3, 0.4) is 0 Å². The van der Waals surface area contributed by atoms with Crippen molar-refractivity contribution in [3.05, 3.63) is 75.9 Å². The molecule has 0 saturated carbocycles. The molecule has 0 spiro atoms. The van der Waals surface area contributed by atoms with Gasteiger partial charge < -0.3 is 15.4 Å². The Balaban J connectivity index is 1.40. The monoisotopic (exact) mass is 526 g/mol. The van der Waals surface area contributed by atoms with Crippen molar-refractivity contribution >= 4 is 51.6 Å². The van der Waals surface area contributed by atoms with E-state index < -0.39 is 11.8 Å². The molecular formula is C27H27FN2O4S2. The lowest BCUT2D eigenvalue weighted by Gasteiger charge is -2.11. The molecule has 0 bridgehead atoms. The lowest BCUT2D eigenvalue weighted by molar-refractivity contribution is -0.113. The number of carbonyl (C=O) groups is 3. The van der Waals surface area contributed by atoms with Gasteiger partial charge in [-0.1, -0.05) is 18.9 Å². The van der Waals surface area contributed by atoms with Gasteiger partial charge in [0.05, 0.1) is 18.4 Å². The number of rotatable bonds is 7. The minimum Gasteiger partial charge on any atom is -0.465 e. The first-order chi connectivity index (χ1) is 17.4. The first-order valence-electron chi connectivity index (χ1n) is 11.8. The first kappa shape index (κ1) is 25.9. The molecule has 36 heavy (non-hydrogen) atoms. The zero-order valence-corrected chi connectivity index (χ0v) is 21.5. The molecule has 6 nitrogen and oxygen atoms in total. The van der Waals surface area contributed by atoms with Crippen LogP contribution in [-0.2, 0) is 22.4 Å². The van der Waals surface area contributed by atoms with Crippen molar-refractivity contribution in [1.82, 2.24) is 0 Å². The van der Waals surface area contributed by atoms with E-state index in [0.717, 1.165) is 47.4 Å². The molecule has 2 amide bonds. The van der Waals surface area contributed by atoms with Gasteiger partial charge in [0, 0.05) is 21.0 Å². The summed E-state index contributed by atoms with van der Waals surface area (Å²) in [6, 6.07) is 12.5. The molecule has 0 unspecified atom stereocenters. The van der Waals surface area contributed by atoms with E-state index >= 15 is 0 Å². The number of methoxy groups -OCH3 is 1. The molecule has 9 heteroatoms. The lowest BCUT2D eigenvalue weighted by Crippen LogP contribution is -2.16. The molecule has 2 aromatic carbocycles. The van der Waals surface area contributed by atoms with E-state index in [2.05, 4.69) is 10.6 Å². The summed E-state index contributed by atoms with van der Waals surface area (Å²) in [4.78, 5) is 39.7. The zero-order valence-electron chi connectivity index (χ0n) is 19.9. The molecule has 1 aromatic heterocycles. The predicted molar refractivity (Wildman–Crippen MR) is 142 cm³/mol. The number of hydrogen-bond donors (Lipinski definition) is 2. The molecule has 1 aliphatic rings. The Hall–Kier alpha value is -3.17. The molecule has 1 heterocycles. The largest absolute Gasteiger partial charge is 0.465 e. The summed E-state index contributed by atoms with van der Waals surface area (Å²) >= 11 is 2.80. The summed E-state index contributed by atoms with van der Waals surface area (Å²) in [5, 5.41) is 6.26. The summed E-state index contributed by atoms with van der Waals surface area (Å²) in [6.07, 6.45) is 6.13. The van der Waals surface area contributed by atoms with E-state index in [1.165, 1.54) is 60.9 Å². The Morgan fingerprint density at radius 3 is 2.50 bits per heavy atom. The summed E-state index contributed by atoms with van der Waals surface area (Å²) in [6.45, 7) is 0. The Bertz CT molecular complexity index is 1260. The second-order valence-electron chi connectivity index (χ2n) is 8.44. The number of nitrogens with one attached hydrogen (secondary N) is 2. The topological polar surface area (TPSA) is 84.5 Å². The van der Waals surface area contributed by atoms with Gasteiger partial charge in [-0.3, -0.25) is 9.59 Å². The van der Waals surface area contributed by atoms with Crippen LogP contribution in [-0.4, -0.2) is 30.6 Å². The van der Waals surface area contributed by atoms with Gasteiger partial charge in [0.25, 0.3) is 5.91 Å². The molecule has 3 aromatic rings. The maximum absolute atomic E-state index is 13.1. The van der Waals surface area contributed by atoms with Crippen LogP contribution in [0.2, 0.25) is 0 Å². The normalized spacial score (nSPS) is 13.2. The Morgan fingerprint density at radius 1 is 1.00 bits per heavy atom. The van der Waals surface area contributed by atoms with Crippen LogP contribution < -0.4 is 10.6 Å². The van der Waals surface area contributed by atoms with E-state index in [-0.39, 0.29) is 17.6 Å². The third kappa shape index (κ3) is 6.53. The molecule has 0 saturated heterocycles. The summed E-state index contributed by atoms with van der Waals surface area (Å²) in [5.41, 5.74) is 2.42. The number of thioether (sulfide) groups is 1. The predicted octanol–water partition coefficient (Wildman–Crippen LogP) is 6.32. The number of hydrogen-bond acceptors (Lipinski definition) is 6. The van der Waals surface area contributed by atoms with Gasteiger partial charge in [0.15, 0.2) is 0 Å². The van der Waals surface area contributed by atoms with Gasteiger partial charge in [0.2, 0.25) is 5.91 Å². The second-order valence-corrected chi connectivity index (χ2v) is 10.6. The highest BCUT2D eigenvalue weighted by atomic mass is 32.2. The first-order valence-corrected chi connectivity index (χ1v) is 13.6. The van der Waals surface area contributed by atoms with Gasteiger partial charge >= 0.3 is 5.97 Å². The van der Waals surface area contributed by atoms with E-state index in [9.17, 15) is 18.8 Å². The molecule has 0 fully saturated rings. The SMILES string of the molecule is COC(=O)c1c(NC(=O)CSc2cccc(NC(=O)c3ccc(F)cc3)c2)sc2c1CCCCCC2. The van der Waals surface area contributed by atoms with Crippen LogP contribution in [0, 0.1) is 5.82 Å². The third-order valence-electron chi connectivity index (χ3n) is 5.88. The molecule has 4 rings (SSSR count). The van der Waals surface area contributed by atoms with Gasteiger partial charge in [-0.25, -0.2) is 9.18 Å². The van der Waals surface area contributed by atoms with Crippen LogP contribution in [0.4, 0.5) is 15.1 Å². The summed E-state index contributed by atoms with van der Waals surface area (Å²) < 4.78 is 18.1. The van der Waals surface area contributed by atoms with Crippen LogP contribution in [0.5, 0.6) is 0 Å². The number of amides is 2. The number of halogens is 1. The van der Waals surface area contributed by atoms with Crippen molar-refractivity contribution in [3.8, 4) is 0 Å². The van der Waals surface area contributed by atoms with Crippen molar-refractivity contribution < 1.29 is 23.5 Å². The van der Waals surface area contributed by atoms with Crippen LogP contribution in [0.25, 0.3) is 0 Å². The van der Waals surface area contributed by atoms with Crippen LogP contribution >= 0.6 is 23.1 Å². The van der Waals surface area contributed by atoms with Gasteiger partial charge in [-0.05, 0) is 73.7 Å². The minimum absolute atomic E-state index is 0.137. The van der Waals surface area contributed by atoms with Crippen LogP contribution in [0.1, 0.15) is 56.8 Å². The Morgan fingerprint density at radius 2 is 1.75 bits per heavy atom. The van der Waals surface area contributed by atoms with Crippen molar-refractivity contribution in [2.75, 3.05) is 23.5 Å². The fraction of sp³-hybridized carbons (Fsp3) is 0.296. The standard InChI is InChI=1S/C27H27FN2O4S2/c1-34-27(33)24-21-9-4-2-3-5-10-22(21)36-26(24)30-23(31)16-35-20-8-6-7-19(15-20)29-25(32)17-11-13-18(28)14-12-17/h6-8,11-15H,2-5,9-10,16H2,1H3,(H,29,32)(H,30,31). The van der Waals surface area contributed by atoms with Crippen LogP contribution in [0.15, 0.2) is 53.4 Å². The number of fused-ring (bicyclic) bond motifs is 1. The fourth-order valence-corrected chi connectivity index (χ4v) is 6.15. The highest BCUT2D eigenvalue weighted by Gasteiger charge is 2.25. The zero-order chi connectivity index (χ0) is 25.5. The van der Waals surface area contributed by atoms with Crippen molar-refractivity contribution in [3.63, 3.8) is 0 Å². The lowest BCUT2D eigenvalue weighted by atomic mass is 9.96. The number of esters is 1. The number of ether oxygens (including phenoxy) is 1. The Kier molecular flexibility index (Phi) is 8.77. The van der Waals surface area contributed by atoms with E-state index in [1.807, 2.05) is 6.07 Å². The number of carbonyl (C=O) groups excluding carboxylic acids is 3. The van der Waals surface area contributed by atoms with Gasteiger partial charge in [-0.2, -0.15) is 0 Å². The van der Waals surface area contributed by atoms with Crippen molar-refractivity contribution in [2.45, 2.75) is 43.4 Å². The number of benzene rings is 2. The van der Waals surface area contributed by atoms with Crippen molar-refractivity contribution in [1.29, 1.82) is 0 Å². The second kappa shape index (κ2) is 12.2. The van der Waals surface area contributed by atoms with Gasteiger partial charge in [-0.15, -0.1) is 23.1 Å². The number of anilines is 2. The quantitative estimate of drug-likeness (QED) is 0.278. The molecule has 0 aliphatic heterocycles. The average Bonchev–Trinajstić information content (AvgIpc) is 3.18. The molecule has 188 valence electrons. The highest BCUT2D eigenvalue weighted by Crippen LogP contribution is 2.37. The van der Waals surface area contributed by atoms with Crippen molar-refractivity contribution in [2.24, 2.45) is 0 Å². The highest BCUT2D eigenvalue weighted by molar-refractivity contribution is 8.00. The van der Waals surface area contributed by atoms with E-state index in [4.69, 9.17) is 4.74 Å². The van der Waals surface area contributed by atoms with Gasteiger partial charge in [0.1, 0.15) is 10.8 Å². The summed E-state index contributed by atoms with van der Waals surface area (Å²) in [7, 11) is 1.36. The minimum atomic E-state index is -0.416. The molecule has 0 atom stereocenters. The number of aryl methyl sites for hydroxylation is 1. The average molecular weight is 527 g/mol.